The van der Waals surface area contributed by atoms with Crippen molar-refractivity contribution < 1.29 is 14.3 Å². The fourth-order valence-electron chi connectivity index (χ4n) is 1.51. The molecule has 98 valence electrons. The maximum Gasteiger partial charge on any atom is 0.262 e. The van der Waals surface area contributed by atoms with Crippen LogP contribution in [-0.2, 0) is 0 Å². The van der Waals surface area contributed by atoms with E-state index < -0.39 is 23.0 Å². The number of benzene rings is 2. The van der Waals surface area contributed by atoms with Gasteiger partial charge < -0.3 is 10.4 Å². The zero-order valence-corrected chi connectivity index (χ0v) is 11.0. The van der Waals surface area contributed by atoms with Crippen LogP contribution in [0.5, 0.6) is 5.75 Å². The number of aromatic hydroxyl groups is 1. The smallest absolute Gasteiger partial charge is 0.262 e. The van der Waals surface area contributed by atoms with Crippen molar-refractivity contribution in [3.05, 3.63) is 57.8 Å². The summed E-state index contributed by atoms with van der Waals surface area (Å²) in [5, 5.41) is 12.5. The van der Waals surface area contributed by atoms with Gasteiger partial charge in [-0.1, -0.05) is 29.3 Å². The third kappa shape index (κ3) is 2.97. The second-order valence-corrected chi connectivity index (χ2v) is 4.53. The van der Waals surface area contributed by atoms with Crippen LogP contribution in [0.3, 0.4) is 0 Å². The molecule has 0 saturated carbocycles. The van der Waals surface area contributed by atoms with Crippen molar-refractivity contribution in [2.45, 2.75) is 0 Å². The van der Waals surface area contributed by atoms with Crippen LogP contribution in [0.15, 0.2) is 36.4 Å². The highest BCUT2D eigenvalue weighted by molar-refractivity contribution is 6.42. The number of rotatable bonds is 2. The van der Waals surface area contributed by atoms with Gasteiger partial charge in [0.1, 0.15) is 17.1 Å². The van der Waals surface area contributed by atoms with Gasteiger partial charge in [-0.05, 0) is 30.3 Å². The minimum Gasteiger partial charge on any atom is -0.507 e. The molecule has 6 heteroatoms. The SMILES string of the molecule is O=C(Nc1ccc(Cl)c(Cl)c1)c1c(O)cccc1F. The van der Waals surface area contributed by atoms with E-state index in [0.717, 1.165) is 6.07 Å². The van der Waals surface area contributed by atoms with Crippen molar-refractivity contribution in [1.29, 1.82) is 0 Å². The van der Waals surface area contributed by atoms with Crippen molar-refractivity contribution in [3.63, 3.8) is 0 Å². The molecule has 2 aromatic rings. The maximum absolute atomic E-state index is 13.5. The molecule has 3 nitrogen and oxygen atoms in total. The van der Waals surface area contributed by atoms with Gasteiger partial charge in [-0.25, -0.2) is 4.39 Å². The van der Waals surface area contributed by atoms with E-state index >= 15 is 0 Å². The summed E-state index contributed by atoms with van der Waals surface area (Å²) in [7, 11) is 0. The van der Waals surface area contributed by atoms with Gasteiger partial charge in [0, 0.05) is 5.69 Å². The zero-order valence-electron chi connectivity index (χ0n) is 9.45. The fourth-order valence-corrected chi connectivity index (χ4v) is 1.80. The number of anilines is 1. The minimum absolute atomic E-state index is 0.261. The number of halogens is 3. The van der Waals surface area contributed by atoms with Gasteiger partial charge in [-0.2, -0.15) is 0 Å². The van der Waals surface area contributed by atoms with Crippen LogP contribution in [0, 0.1) is 5.82 Å². The van der Waals surface area contributed by atoms with E-state index in [0.29, 0.717) is 10.7 Å². The minimum atomic E-state index is -0.808. The van der Waals surface area contributed by atoms with Crippen LogP contribution in [0.2, 0.25) is 10.0 Å². The van der Waals surface area contributed by atoms with Crippen LogP contribution >= 0.6 is 23.2 Å². The molecule has 0 radical (unpaired) electrons. The molecule has 0 aliphatic rings. The van der Waals surface area contributed by atoms with Gasteiger partial charge in [-0.15, -0.1) is 0 Å². The summed E-state index contributed by atoms with van der Waals surface area (Å²) in [6.45, 7) is 0. The van der Waals surface area contributed by atoms with E-state index in [-0.39, 0.29) is 5.02 Å². The lowest BCUT2D eigenvalue weighted by atomic mass is 10.1. The van der Waals surface area contributed by atoms with Crippen molar-refractivity contribution in [3.8, 4) is 5.75 Å². The molecule has 0 atom stereocenters. The Kier molecular flexibility index (Phi) is 3.93. The van der Waals surface area contributed by atoms with E-state index in [1.807, 2.05) is 0 Å². The Morgan fingerprint density at radius 2 is 1.89 bits per heavy atom. The summed E-state index contributed by atoms with van der Waals surface area (Å²) in [4.78, 5) is 11.9. The number of carbonyl (C=O) groups excluding carboxylic acids is 1. The van der Waals surface area contributed by atoms with E-state index in [2.05, 4.69) is 5.32 Å². The average molecular weight is 300 g/mol. The lowest BCUT2D eigenvalue weighted by molar-refractivity contribution is 0.102. The number of amides is 1. The summed E-state index contributed by atoms with van der Waals surface area (Å²) in [5.41, 5.74) is -0.0735. The lowest BCUT2D eigenvalue weighted by Crippen LogP contribution is -2.14. The Morgan fingerprint density at radius 1 is 1.16 bits per heavy atom. The standard InChI is InChI=1S/C13H8Cl2FNO2/c14-8-5-4-7(6-9(8)15)17-13(19)12-10(16)2-1-3-11(12)18/h1-6,18H,(H,17,19). The second kappa shape index (κ2) is 5.47. The van der Waals surface area contributed by atoms with Gasteiger partial charge in [0.15, 0.2) is 0 Å². The normalized spacial score (nSPS) is 10.3. The summed E-state index contributed by atoms with van der Waals surface area (Å²) >= 11 is 11.5. The average Bonchev–Trinajstić information content (AvgIpc) is 2.33. The van der Waals surface area contributed by atoms with E-state index in [1.54, 1.807) is 0 Å². The molecule has 1 amide bonds. The Hall–Kier alpha value is -1.78. The van der Waals surface area contributed by atoms with Crippen LogP contribution in [0.25, 0.3) is 0 Å². The highest BCUT2D eigenvalue weighted by Gasteiger charge is 2.16. The zero-order chi connectivity index (χ0) is 14.0. The summed E-state index contributed by atoms with van der Waals surface area (Å²) < 4.78 is 13.5. The Balaban J connectivity index is 2.28. The third-order valence-electron chi connectivity index (χ3n) is 2.40. The molecule has 0 spiro atoms. The molecule has 2 N–H and O–H groups in total. The molecule has 19 heavy (non-hydrogen) atoms. The number of hydrogen-bond donors (Lipinski definition) is 2. The Morgan fingerprint density at radius 3 is 2.53 bits per heavy atom. The quantitative estimate of drug-likeness (QED) is 0.877. The predicted molar refractivity (Wildman–Crippen MR) is 72.5 cm³/mol. The molecule has 2 rings (SSSR count). The third-order valence-corrected chi connectivity index (χ3v) is 3.14. The number of phenolic OH excluding ortho intramolecular Hbond substituents is 1. The molecular weight excluding hydrogens is 292 g/mol. The van der Waals surface area contributed by atoms with E-state index in [1.165, 1.54) is 30.3 Å². The first-order chi connectivity index (χ1) is 8.99. The summed E-state index contributed by atoms with van der Waals surface area (Å²) in [5.74, 6) is -2.01. The van der Waals surface area contributed by atoms with Crippen molar-refractivity contribution in [2.24, 2.45) is 0 Å². The largest absolute Gasteiger partial charge is 0.507 e. The first kappa shape index (κ1) is 13.6. The first-order valence-electron chi connectivity index (χ1n) is 5.23. The van der Waals surface area contributed by atoms with Crippen LogP contribution in [0.4, 0.5) is 10.1 Å². The molecule has 0 aliphatic carbocycles. The lowest BCUT2D eigenvalue weighted by Gasteiger charge is -2.08. The van der Waals surface area contributed by atoms with Gasteiger partial charge in [0.25, 0.3) is 5.91 Å². The van der Waals surface area contributed by atoms with E-state index in [4.69, 9.17) is 23.2 Å². The summed E-state index contributed by atoms with van der Waals surface area (Å²) in [6.07, 6.45) is 0. The molecule has 0 bridgehead atoms. The number of phenols is 1. The van der Waals surface area contributed by atoms with Crippen molar-refractivity contribution in [1.82, 2.24) is 0 Å². The van der Waals surface area contributed by atoms with Crippen LogP contribution < -0.4 is 5.32 Å². The number of hydrogen-bond acceptors (Lipinski definition) is 2. The first-order valence-corrected chi connectivity index (χ1v) is 5.98. The Bertz CT molecular complexity index is 626. The molecule has 2 aromatic carbocycles. The molecule has 0 unspecified atom stereocenters. The van der Waals surface area contributed by atoms with Crippen molar-refractivity contribution >= 4 is 34.8 Å². The monoisotopic (exact) mass is 299 g/mol. The molecule has 0 fully saturated rings. The van der Waals surface area contributed by atoms with E-state index in [9.17, 15) is 14.3 Å². The molecule has 0 aliphatic heterocycles. The maximum atomic E-state index is 13.5. The number of carbonyl (C=O) groups is 1. The Labute approximate surface area is 118 Å². The fraction of sp³-hybridized carbons (Fsp3) is 0. The number of nitrogens with one attached hydrogen (secondary N) is 1. The van der Waals surface area contributed by atoms with Gasteiger partial charge in [0.2, 0.25) is 0 Å². The van der Waals surface area contributed by atoms with Crippen LogP contribution in [0.1, 0.15) is 10.4 Å². The molecular formula is C13H8Cl2FNO2. The summed E-state index contributed by atoms with van der Waals surface area (Å²) in [6, 6.07) is 8.07. The highest BCUT2D eigenvalue weighted by atomic mass is 35.5. The topological polar surface area (TPSA) is 49.3 Å². The highest BCUT2D eigenvalue weighted by Crippen LogP contribution is 2.26. The molecule has 0 heterocycles. The molecule has 0 saturated heterocycles. The van der Waals surface area contributed by atoms with Gasteiger partial charge in [0.05, 0.1) is 10.0 Å². The second-order valence-electron chi connectivity index (χ2n) is 3.72. The van der Waals surface area contributed by atoms with Crippen LogP contribution in [-0.4, -0.2) is 11.0 Å². The van der Waals surface area contributed by atoms with Gasteiger partial charge >= 0.3 is 0 Å². The molecule has 0 aromatic heterocycles. The predicted octanol–water partition coefficient (Wildman–Crippen LogP) is 4.09. The van der Waals surface area contributed by atoms with Gasteiger partial charge in [-0.3, -0.25) is 4.79 Å². The van der Waals surface area contributed by atoms with Crippen molar-refractivity contribution in [2.75, 3.05) is 5.32 Å².